The number of esters is 2. The highest BCUT2D eigenvalue weighted by atomic mass is 16.7. The van der Waals surface area contributed by atoms with Crippen molar-refractivity contribution < 1.29 is 38.1 Å². The van der Waals surface area contributed by atoms with Crippen molar-refractivity contribution in [3.8, 4) is 11.5 Å². The van der Waals surface area contributed by atoms with Gasteiger partial charge in [-0.1, -0.05) is 0 Å². The van der Waals surface area contributed by atoms with Gasteiger partial charge in [-0.2, -0.15) is 0 Å². The zero-order chi connectivity index (χ0) is 21.3. The summed E-state index contributed by atoms with van der Waals surface area (Å²) in [6, 6.07) is 3.38. The standard InChI is InChI=1S/C20H22N2O8/c1-26-19(24)12-9-28-10-22(18(12)20(25)27-2)14-8-16-15(29-11-30-16)7-13(14)21-6-4-3-5-17(21)23/h7-8H,3-6,9-11H2,1-2H3. The van der Waals surface area contributed by atoms with Crippen LogP contribution in [0.1, 0.15) is 19.3 Å². The van der Waals surface area contributed by atoms with Crippen LogP contribution in [-0.4, -0.2) is 58.7 Å². The second kappa shape index (κ2) is 8.23. The fourth-order valence-electron chi connectivity index (χ4n) is 3.75. The number of fused-ring (bicyclic) bond motifs is 1. The third-order valence-electron chi connectivity index (χ3n) is 5.21. The molecule has 3 aliphatic rings. The van der Waals surface area contributed by atoms with Crippen molar-refractivity contribution >= 4 is 29.2 Å². The molecular weight excluding hydrogens is 396 g/mol. The van der Waals surface area contributed by atoms with E-state index in [0.29, 0.717) is 35.8 Å². The van der Waals surface area contributed by atoms with Crippen molar-refractivity contribution in [3.63, 3.8) is 0 Å². The van der Waals surface area contributed by atoms with Crippen LogP contribution in [0.4, 0.5) is 11.4 Å². The lowest BCUT2D eigenvalue weighted by molar-refractivity contribution is -0.140. The number of carbonyl (C=O) groups excluding carboxylic acids is 3. The molecule has 0 aliphatic carbocycles. The number of ether oxygens (including phenoxy) is 5. The molecular formula is C20H22N2O8. The Bertz CT molecular complexity index is 926. The van der Waals surface area contributed by atoms with E-state index in [4.69, 9.17) is 23.7 Å². The van der Waals surface area contributed by atoms with Gasteiger partial charge in [-0.3, -0.25) is 4.79 Å². The Kier molecular flexibility index (Phi) is 5.49. The smallest absolute Gasteiger partial charge is 0.355 e. The van der Waals surface area contributed by atoms with Crippen LogP contribution in [0.5, 0.6) is 11.5 Å². The van der Waals surface area contributed by atoms with Crippen LogP contribution >= 0.6 is 0 Å². The minimum Gasteiger partial charge on any atom is -0.466 e. The highest BCUT2D eigenvalue weighted by Crippen LogP contribution is 2.45. The number of anilines is 2. The number of hydrogen-bond donors (Lipinski definition) is 0. The molecule has 0 atom stereocenters. The first-order valence-corrected chi connectivity index (χ1v) is 9.54. The molecule has 160 valence electrons. The molecule has 1 fully saturated rings. The van der Waals surface area contributed by atoms with Gasteiger partial charge in [0, 0.05) is 25.1 Å². The summed E-state index contributed by atoms with van der Waals surface area (Å²) in [5.41, 5.74) is 1.04. The van der Waals surface area contributed by atoms with Gasteiger partial charge in [0.05, 0.1) is 37.8 Å². The highest BCUT2D eigenvalue weighted by molar-refractivity contribution is 6.05. The average Bonchev–Trinajstić information content (AvgIpc) is 3.24. The van der Waals surface area contributed by atoms with Gasteiger partial charge in [0.2, 0.25) is 12.7 Å². The average molecular weight is 418 g/mol. The van der Waals surface area contributed by atoms with Gasteiger partial charge in [-0.15, -0.1) is 0 Å². The first-order chi connectivity index (χ1) is 14.5. The molecule has 0 N–H and O–H groups in total. The number of rotatable bonds is 4. The molecule has 1 amide bonds. The minimum absolute atomic E-state index is 0.000161. The number of amides is 1. The van der Waals surface area contributed by atoms with E-state index >= 15 is 0 Å². The maximum atomic E-state index is 12.6. The van der Waals surface area contributed by atoms with Gasteiger partial charge in [0.15, 0.2) is 11.5 Å². The summed E-state index contributed by atoms with van der Waals surface area (Å²) >= 11 is 0. The lowest BCUT2D eigenvalue weighted by Gasteiger charge is -2.36. The first-order valence-electron chi connectivity index (χ1n) is 9.54. The number of hydrogen-bond acceptors (Lipinski definition) is 9. The second-order valence-electron chi connectivity index (χ2n) is 6.91. The Morgan fingerprint density at radius 1 is 0.967 bits per heavy atom. The minimum atomic E-state index is -0.715. The zero-order valence-electron chi connectivity index (χ0n) is 16.8. The van der Waals surface area contributed by atoms with Crippen molar-refractivity contribution in [2.75, 3.05) is 50.7 Å². The fraction of sp³-hybridized carbons (Fsp3) is 0.450. The number of methoxy groups -OCH3 is 2. The molecule has 3 aliphatic heterocycles. The monoisotopic (exact) mass is 418 g/mol. The molecule has 10 nitrogen and oxygen atoms in total. The fourth-order valence-corrected chi connectivity index (χ4v) is 3.75. The lowest BCUT2D eigenvalue weighted by atomic mass is 10.1. The molecule has 3 heterocycles. The van der Waals surface area contributed by atoms with Crippen molar-refractivity contribution in [2.24, 2.45) is 0 Å². The Morgan fingerprint density at radius 3 is 2.27 bits per heavy atom. The van der Waals surface area contributed by atoms with E-state index < -0.39 is 11.9 Å². The van der Waals surface area contributed by atoms with Crippen molar-refractivity contribution in [2.45, 2.75) is 19.3 Å². The molecule has 0 spiro atoms. The van der Waals surface area contributed by atoms with Gasteiger partial charge in [-0.25, -0.2) is 9.59 Å². The summed E-state index contributed by atoms with van der Waals surface area (Å²) in [6.07, 6.45) is 2.10. The Hall–Kier alpha value is -3.27. The molecule has 10 heteroatoms. The summed E-state index contributed by atoms with van der Waals surface area (Å²) in [6.45, 7) is 0.451. The van der Waals surface area contributed by atoms with Crippen molar-refractivity contribution in [1.29, 1.82) is 0 Å². The summed E-state index contributed by atoms with van der Waals surface area (Å²) in [5.74, 6) is -0.478. The molecule has 0 radical (unpaired) electrons. The molecule has 0 unspecified atom stereocenters. The van der Waals surface area contributed by atoms with Crippen LogP contribution < -0.4 is 19.3 Å². The van der Waals surface area contributed by atoms with Crippen LogP contribution in [0.15, 0.2) is 23.4 Å². The summed E-state index contributed by atoms with van der Waals surface area (Å²) < 4.78 is 26.3. The van der Waals surface area contributed by atoms with E-state index in [1.807, 2.05) is 0 Å². The topological polar surface area (TPSA) is 104 Å². The van der Waals surface area contributed by atoms with Crippen molar-refractivity contribution in [3.05, 3.63) is 23.4 Å². The zero-order valence-corrected chi connectivity index (χ0v) is 16.8. The molecule has 0 saturated carbocycles. The normalized spacial score (nSPS) is 18.5. The van der Waals surface area contributed by atoms with Crippen molar-refractivity contribution in [1.82, 2.24) is 0 Å². The van der Waals surface area contributed by atoms with Gasteiger partial charge < -0.3 is 33.5 Å². The number of benzene rings is 1. The van der Waals surface area contributed by atoms with Gasteiger partial charge in [0.1, 0.15) is 12.4 Å². The highest BCUT2D eigenvalue weighted by Gasteiger charge is 2.36. The van der Waals surface area contributed by atoms with E-state index in [1.165, 1.54) is 19.1 Å². The summed E-state index contributed by atoms with van der Waals surface area (Å²) in [4.78, 5) is 40.7. The first kappa shape index (κ1) is 20.0. The van der Waals surface area contributed by atoms with Gasteiger partial charge in [-0.05, 0) is 12.8 Å². The van der Waals surface area contributed by atoms with Crippen LogP contribution in [0.25, 0.3) is 0 Å². The summed E-state index contributed by atoms with van der Waals surface area (Å²) in [7, 11) is 2.45. The maximum absolute atomic E-state index is 12.6. The van der Waals surface area contributed by atoms with Gasteiger partial charge >= 0.3 is 11.9 Å². The van der Waals surface area contributed by atoms with Crippen LogP contribution in [0, 0.1) is 0 Å². The maximum Gasteiger partial charge on any atom is 0.355 e. The summed E-state index contributed by atoms with van der Waals surface area (Å²) in [5, 5.41) is 0. The van der Waals surface area contributed by atoms with E-state index in [2.05, 4.69) is 0 Å². The Morgan fingerprint density at radius 2 is 1.63 bits per heavy atom. The van der Waals surface area contributed by atoms with E-state index in [0.717, 1.165) is 12.8 Å². The van der Waals surface area contributed by atoms with Crippen LogP contribution in [0.2, 0.25) is 0 Å². The molecule has 1 saturated heterocycles. The molecule has 0 aromatic heterocycles. The lowest BCUT2D eigenvalue weighted by Crippen LogP contribution is -2.41. The Labute approximate surface area is 172 Å². The SMILES string of the molecule is COC(=O)C1=C(C(=O)OC)N(c2cc3c(cc2N2CCCCC2=O)OCO3)COC1. The van der Waals surface area contributed by atoms with E-state index in [9.17, 15) is 14.4 Å². The van der Waals surface area contributed by atoms with E-state index in [-0.39, 0.29) is 37.3 Å². The predicted octanol–water partition coefficient (Wildman–Crippen LogP) is 1.33. The molecule has 30 heavy (non-hydrogen) atoms. The quantitative estimate of drug-likeness (QED) is 0.670. The van der Waals surface area contributed by atoms with Crippen LogP contribution in [-0.2, 0) is 28.6 Å². The van der Waals surface area contributed by atoms with Crippen LogP contribution in [0.3, 0.4) is 0 Å². The predicted molar refractivity (Wildman–Crippen MR) is 103 cm³/mol. The third kappa shape index (κ3) is 3.43. The Balaban J connectivity index is 1.88. The van der Waals surface area contributed by atoms with Gasteiger partial charge in [0.25, 0.3) is 0 Å². The largest absolute Gasteiger partial charge is 0.466 e. The molecule has 4 rings (SSSR count). The molecule has 1 aromatic carbocycles. The molecule has 0 bridgehead atoms. The third-order valence-corrected chi connectivity index (χ3v) is 5.21. The number of carbonyl (C=O) groups is 3. The second-order valence-corrected chi connectivity index (χ2v) is 6.91. The van der Waals surface area contributed by atoms with E-state index in [1.54, 1.807) is 17.0 Å². The number of piperidine rings is 1. The number of nitrogens with zero attached hydrogens (tertiary/aromatic N) is 2. The molecule has 1 aromatic rings.